The highest BCUT2D eigenvalue weighted by Crippen LogP contribution is 2.52. The molecular weight excluding hydrogens is 651 g/mol. The Hall–Kier alpha value is -6.70. The van der Waals surface area contributed by atoms with E-state index in [1.807, 2.05) is 0 Å². The predicted molar refractivity (Wildman–Crippen MR) is 230 cm³/mol. The van der Waals surface area contributed by atoms with E-state index in [1.165, 1.54) is 77.2 Å². The lowest BCUT2D eigenvalue weighted by atomic mass is 9.81. The Balaban J connectivity index is 1.23. The van der Waals surface area contributed by atoms with E-state index >= 15 is 0 Å². The molecule has 0 heterocycles. The summed E-state index contributed by atoms with van der Waals surface area (Å²) in [4.78, 5) is 2.50. The summed E-state index contributed by atoms with van der Waals surface area (Å²) in [5.41, 5.74) is 15.8. The van der Waals surface area contributed by atoms with Crippen LogP contribution in [0, 0.1) is 0 Å². The number of hydrogen-bond donors (Lipinski definition) is 0. The Labute approximate surface area is 317 Å². The fraction of sp³-hybridized carbons (Fsp3) is 0.0566. The molecular formula is C53H39N. The lowest BCUT2D eigenvalue weighted by Crippen LogP contribution is -2.17. The molecule has 1 aliphatic carbocycles. The minimum atomic E-state index is -0.191. The molecule has 0 bridgehead atoms. The number of benzene rings is 9. The molecule has 0 radical (unpaired) electrons. The highest BCUT2D eigenvalue weighted by Gasteiger charge is 2.36. The molecule has 0 N–H and O–H groups in total. The van der Waals surface area contributed by atoms with Crippen molar-refractivity contribution in [1.82, 2.24) is 0 Å². The van der Waals surface area contributed by atoms with Gasteiger partial charge in [-0.15, -0.1) is 0 Å². The monoisotopic (exact) mass is 689 g/mol. The van der Waals surface area contributed by atoms with Gasteiger partial charge in [0.1, 0.15) is 0 Å². The van der Waals surface area contributed by atoms with Crippen molar-refractivity contribution < 1.29 is 0 Å². The Morgan fingerprint density at radius 3 is 1.46 bits per heavy atom. The molecule has 9 aromatic rings. The van der Waals surface area contributed by atoms with Crippen LogP contribution in [0.25, 0.3) is 66.1 Å². The van der Waals surface area contributed by atoms with Gasteiger partial charge in [0.25, 0.3) is 0 Å². The van der Waals surface area contributed by atoms with Crippen molar-refractivity contribution in [3.63, 3.8) is 0 Å². The zero-order valence-electron chi connectivity index (χ0n) is 30.5. The van der Waals surface area contributed by atoms with Crippen LogP contribution in [0.2, 0.25) is 0 Å². The van der Waals surface area contributed by atoms with Crippen LogP contribution in [0.5, 0.6) is 0 Å². The van der Waals surface area contributed by atoms with Gasteiger partial charge in [0.05, 0.1) is 5.69 Å². The van der Waals surface area contributed by atoms with Gasteiger partial charge >= 0.3 is 0 Å². The van der Waals surface area contributed by atoms with Crippen molar-refractivity contribution in [3.8, 4) is 44.5 Å². The summed E-state index contributed by atoms with van der Waals surface area (Å²) >= 11 is 0. The van der Waals surface area contributed by atoms with Gasteiger partial charge < -0.3 is 4.90 Å². The van der Waals surface area contributed by atoms with Crippen molar-refractivity contribution >= 4 is 38.6 Å². The molecule has 1 nitrogen and oxygen atoms in total. The maximum Gasteiger partial charge on any atom is 0.0546 e. The second kappa shape index (κ2) is 12.8. The molecule has 0 aromatic heterocycles. The Bertz CT molecular complexity index is 2780. The van der Waals surface area contributed by atoms with Gasteiger partial charge in [-0.2, -0.15) is 0 Å². The molecule has 0 aliphatic heterocycles. The Morgan fingerprint density at radius 1 is 0.333 bits per heavy atom. The van der Waals surface area contributed by atoms with Crippen molar-refractivity contribution in [2.45, 2.75) is 19.3 Å². The number of hydrogen-bond acceptors (Lipinski definition) is 1. The first-order valence-corrected chi connectivity index (χ1v) is 18.8. The summed E-state index contributed by atoms with van der Waals surface area (Å²) in [5, 5.41) is 4.96. The molecule has 9 aromatic carbocycles. The van der Waals surface area contributed by atoms with Gasteiger partial charge in [-0.1, -0.05) is 172 Å². The quantitative estimate of drug-likeness (QED) is 0.157. The van der Waals surface area contributed by atoms with Crippen LogP contribution in [0.15, 0.2) is 200 Å². The summed E-state index contributed by atoms with van der Waals surface area (Å²) in [6.45, 7) is 4.77. The van der Waals surface area contributed by atoms with Crippen LogP contribution in [0.1, 0.15) is 25.0 Å². The minimum Gasteiger partial charge on any atom is -0.310 e. The third-order valence-electron chi connectivity index (χ3n) is 11.4. The summed E-state index contributed by atoms with van der Waals surface area (Å²) in [6, 6.07) is 73.5. The van der Waals surface area contributed by atoms with Gasteiger partial charge in [0.15, 0.2) is 0 Å². The molecule has 54 heavy (non-hydrogen) atoms. The summed E-state index contributed by atoms with van der Waals surface area (Å²) in [6.07, 6.45) is 0. The van der Waals surface area contributed by atoms with Crippen LogP contribution in [-0.2, 0) is 5.41 Å². The molecule has 0 fully saturated rings. The summed E-state index contributed by atoms with van der Waals surface area (Å²) in [7, 11) is 0. The Morgan fingerprint density at radius 2 is 0.833 bits per heavy atom. The van der Waals surface area contributed by atoms with Crippen LogP contribution < -0.4 is 4.90 Å². The molecule has 0 saturated heterocycles. The molecule has 1 aliphatic rings. The van der Waals surface area contributed by atoms with Gasteiger partial charge in [0.2, 0.25) is 0 Å². The first kappa shape index (κ1) is 32.0. The molecule has 0 amide bonds. The lowest BCUT2D eigenvalue weighted by Gasteiger charge is -2.30. The molecule has 0 saturated carbocycles. The number of anilines is 3. The number of nitrogens with zero attached hydrogens (tertiary/aromatic N) is 1. The molecule has 1 heteroatoms. The van der Waals surface area contributed by atoms with Crippen molar-refractivity contribution in [1.29, 1.82) is 0 Å². The zero-order valence-corrected chi connectivity index (χ0v) is 30.5. The van der Waals surface area contributed by atoms with Crippen molar-refractivity contribution in [2.24, 2.45) is 0 Å². The fourth-order valence-electron chi connectivity index (χ4n) is 8.66. The first-order chi connectivity index (χ1) is 26.5. The van der Waals surface area contributed by atoms with Gasteiger partial charge in [0, 0.05) is 22.2 Å². The second-order valence-corrected chi connectivity index (χ2v) is 15.0. The highest BCUT2D eigenvalue weighted by atomic mass is 15.1. The van der Waals surface area contributed by atoms with Gasteiger partial charge in [-0.25, -0.2) is 0 Å². The van der Waals surface area contributed by atoms with Gasteiger partial charge in [-0.05, 0) is 114 Å². The summed E-state index contributed by atoms with van der Waals surface area (Å²) in [5.74, 6) is 0. The second-order valence-electron chi connectivity index (χ2n) is 15.0. The largest absolute Gasteiger partial charge is 0.310 e. The van der Waals surface area contributed by atoms with E-state index < -0.39 is 0 Å². The smallest absolute Gasteiger partial charge is 0.0546 e. The van der Waals surface area contributed by atoms with Crippen LogP contribution >= 0.6 is 0 Å². The van der Waals surface area contributed by atoms with E-state index in [9.17, 15) is 0 Å². The van der Waals surface area contributed by atoms with Crippen LogP contribution in [-0.4, -0.2) is 0 Å². The maximum atomic E-state index is 2.50. The SMILES string of the molecule is CC1(C)c2cc(-c3ccccc3)ccc2-c2ccc(N(c3cc(-c4ccccc4)cc(-c4ccccc4)c3)c3cc4ccccc4c4ccccc34)cc21. The van der Waals surface area contributed by atoms with Gasteiger partial charge in [-0.3, -0.25) is 0 Å². The average molecular weight is 690 g/mol. The maximum absolute atomic E-state index is 2.50. The third-order valence-corrected chi connectivity index (χ3v) is 11.4. The van der Waals surface area contributed by atoms with E-state index in [0.717, 1.165) is 17.1 Å². The molecule has 0 unspecified atom stereocenters. The first-order valence-electron chi connectivity index (χ1n) is 18.8. The van der Waals surface area contributed by atoms with Crippen molar-refractivity contribution in [2.75, 3.05) is 4.90 Å². The van der Waals surface area contributed by atoms with Crippen molar-refractivity contribution in [3.05, 3.63) is 211 Å². The fourth-order valence-corrected chi connectivity index (χ4v) is 8.66. The topological polar surface area (TPSA) is 3.24 Å². The van der Waals surface area contributed by atoms with E-state index in [0.29, 0.717) is 0 Å². The zero-order chi connectivity index (χ0) is 36.2. The van der Waals surface area contributed by atoms with Crippen LogP contribution in [0.4, 0.5) is 17.1 Å². The van der Waals surface area contributed by atoms with Crippen LogP contribution in [0.3, 0.4) is 0 Å². The Kier molecular flexibility index (Phi) is 7.56. The molecule has 0 atom stereocenters. The molecule has 0 spiro atoms. The number of fused-ring (bicyclic) bond motifs is 6. The lowest BCUT2D eigenvalue weighted by molar-refractivity contribution is 0.660. The van der Waals surface area contributed by atoms with E-state index in [4.69, 9.17) is 0 Å². The standard InChI is InChI=1S/C53H39N/c1-53(2)50-33-39(36-16-6-3-7-17-36)26-28-47(50)48-29-27-43(35-51(48)53)54(52-34-40-22-12-13-23-45(40)46-24-14-15-25-49(46)52)44-31-41(37-18-8-4-9-19-37)30-42(32-44)38-20-10-5-11-21-38/h3-35H,1-2H3. The predicted octanol–water partition coefficient (Wildman–Crippen LogP) is 14.8. The minimum absolute atomic E-state index is 0.191. The number of rotatable bonds is 6. The highest BCUT2D eigenvalue weighted by molar-refractivity contribution is 6.14. The van der Waals surface area contributed by atoms with E-state index in [2.05, 4.69) is 219 Å². The third kappa shape index (κ3) is 5.32. The van der Waals surface area contributed by atoms with E-state index in [-0.39, 0.29) is 5.41 Å². The molecule has 10 rings (SSSR count). The average Bonchev–Trinajstić information content (AvgIpc) is 3.46. The summed E-state index contributed by atoms with van der Waals surface area (Å²) < 4.78 is 0. The van der Waals surface area contributed by atoms with E-state index in [1.54, 1.807) is 0 Å². The molecule has 256 valence electrons. The normalized spacial score (nSPS) is 12.8.